The molecule has 1 rings (SSSR count). The summed E-state index contributed by atoms with van der Waals surface area (Å²) in [7, 11) is 0. The van der Waals surface area contributed by atoms with Gasteiger partial charge in [-0.05, 0) is 25.2 Å². The Bertz CT molecular complexity index is 444. The molecular weight excluding hydrogens is 262 g/mol. The van der Waals surface area contributed by atoms with Crippen LogP contribution in [0.4, 0.5) is 0 Å². The minimum atomic E-state index is 0.138. The first-order chi connectivity index (χ1) is 9.64. The Morgan fingerprint density at radius 2 is 1.86 bits per heavy atom. The normalized spacial score (nSPS) is 12.7. The summed E-state index contributed by atoms with van der Waals surface area (Å²) in [5.74, 6) is 0.653. The molecule has 0 saturated heterocycles. The molecule has 0 fully saturated rings. The van der Waals surface area contributed by atoms with Crippen molar-refractivity contribution in [2.45, 2.75) is 61.6 Å². The third kappa shape index (κ3) is 5.79. The number of aliphatic hydroxyl groups excluding tert-OH is 1. The zero-order valence-corrected chi connectivity index (χ0v) is 14.9. The summed E-state index contributed by atoms with van der Waals surface area (Å²) in [5.41, 5.74) is 3.87. The molecule has 4 nitrogen and oxygen atoms in total. The Kier molecular flexibility index (Phi) is 6.41. The highest BCUT2D eigenvalue weighted by Gasteiger charge is 2.20. The number of aromatic nitrogens is 2. The molecule has 0 aliphatic carbocycles. The molecule has 21 heavy (non-hydrogen) atoms. The van der Waals surface area contributed by atoms with Gasteiger partial charge in [-0.15, -0.1) is 0 Å². The fraction of sp³-hybridized carbons (Fsp3) is 0.824. The minimum Gasteiger partial charge on any atom is -0.394 e. The largest absolute Gasteiger partial charge is 0.394 e. The number of hydrogen-bond acceptors (Lipinski definition) is 3. The van der Waals surface area contributed by atoms with E-state index in [2.05, 4.69) is 58.5 Å². The van der Waals surface area contributed by atoms with E-state index in [0.29, 0.717) is 12.5 Å². The van der Waals surface area contributed by atoms with E-state index in [1.165, 1.54) is 11.3 Å². The molecule has 1 aromatic heterocycles. The number of aliphatic hydroxyl groups is 1. The molecule has 1 heterocycles. The molecule has 0 radical (unpaired) electrons. The van der Waals surface area contributed by atoms with Gasteiger partial charge in [0.1, 0.15) is 0 Å². The summed E-state index contributed by atoms with van der Waals surface area (Å²) in [5, 5.41) is 13.7. The molecule has 0 aromatic carbocycles. The summed E-state index contributed by atoms with van der Waals surface area (Å²) in [6, 6.07) is 0. The molecule has 0 unspecified atom stereocenters. The highest BCUT2D eigenvalue weighted by Crippen LogP contribution is 2.21. The van der Waals surface area contributed by atoms with Gasteiger partial charge >= 0.3 is 0 Å². The zero-order valence-electron chi connectivity index (χ0n) is 14.9. The number of nitrogens with zero attached hydrogens (tertiary/aromatic N) is 3. The van der Waals surface area contributed by atoms with Crippen molar-refractivity contribution in [3.8, 4) is 0 Å². The van der Waals surface area contributed by atoms with Crippen LogP contribution in [0.2, 0.25) is 0 Å². The quantitative estimate of drug-likeness (QED) is 0.841. The summed E-state index contributed by atoms with van der Waals surface area (Å²) in [4.78, 5) is 2.53. The molecule has 1 N–H and O–H groups in total. The van der Waals surface area contributed by atoms with Crippen LogP contribution >= 0.6 is 0 Å². The highest BCUT2D eigenvalue weighted by molar-refractivity contribution is 5.24. The molecule has 1 aromatic rings. The van der Waals surface area contributed by atoms with Gasteiger partial charge in [-0.3, -0.25) is 9.58 Å². The second-order valence-corrected chi connectivity index (χ2v) is 7.72. The maximum absolute atomic E-state index is 9.13. The van der Waals surface area contributed by atoms with Crippen LogP contribution in [-0.4, -0.2) is 39.5 Å². The molecule has 122 valence electrons. The summed E-state index contributed by atoms with van der Waals surface area (Å²) in [6.07, 6.45) is 0. The lowest BCUT2D eigenvalue weighted by Crippen LogP contribution is -2.35. The average Bonchev–Trinajstić information content (AvgIpc) is 2.54. The molecular formula is C17H33N3O. The zero-order chi connectivity index (χ0) is 16.2. The summed E-state index contributed by atoms with van der Waals surface area (Å²) >= 11 is 0. The molecule has 0 atom stereocenters. The predicted octanol–water partition coefficient (Wildman–Crippen LogP) is 3.00. The minimum absolute atomic E-state index is 0.138. The van der Waals surface area contributed by atoms with Gasteiger partial charge in [-0.25, -0.2) is 0 Å². The number of hydrogen-bond donors (Lipinski definition) is 1. The Hall–Kier alpha value is -0.870. The Balaban J connectivity index is 2.92. The second kappa shape index (κ2) is 7.41. The highest BCUT2D eigenvalue weighted by atomic mass is 16.3. The van der Waals surface area contributed by atoms with Gasteiger partial charge < -0.3 is 5.11 Å². The molecule has 4 heteroatoms. The van der Waals surface area contributed by atoms with Crippen molar-refractivity contribution in [2.24, 2.45) is 11.3 Å². The lowest BCUT2D eigenvalue weighted by atomic mass is 9.95. The van der Waals surface area contributed by atoms with Gasteiger partial charge in [0.2, 0.25) is 0 Å². The molecule has 0 amide bonds. The Morgan fingerprint density at radius 3 is 2.33 bits per heavy atom. The van der Waals surface area contributed by atoms with Crippen molar-refractivity contribution >= 4 is 0 Å². The van der Waals surface area contributed by atoms with E-state index in [-0.39, 0.29) is 12.0 Å². The standard InChI is InChI=1S/C17H33N3O/c1-13(2)10-19(12-17(5,6)7)11-16-14(3)18-20(8-9-21)15(16)4/h13,21H,8-12H2,1-7H3. The van der Waals surface area contributed by atoms with E-state index in [0.717, 1.165) is 25.3 Å². The Labute approximate surface area is 130 Å². The van der Waals surface area contributed by atoms with Crippen LogP contribution in [0.1, 0.15) is 51.6 Å². The van der Waals surface area contributed by atoms with Gasteiger partial charge in [0, 0.05) is 30.9 Å². The van der Waals surface area contributed by atoms with Crippen LogP contribution in [0.3, 0.4) is 0 Å². The predicted molar refractivity (Wildman–Crippen MR) is 88.4 cm³/mol. The van der Waals surface area contributed by atoms with E-state index >= 15 is 0 Å². The maximum Gasteiger partial charge on any atom is 0.0644 e. The molecule has 0 saturated carbocycles. The molecule has 0 bridgehead atoms. The first-order valence-corrected chi connectivity index (χ1v) is 8.00. The van der Waals surface area contributed by atoms with E-state index < -0.39 is 0 Å². The van der Waals surface area contributed by atoms with Crippen molar-refractivity contribution in [1.29, 1.82) is 0 Å². The van der Waals surface area contributed by atoms with Crippen LogP contribution in [0.15, 0.2) is 0 Å². The molecule has 0 aliphatic rings. The monoisotopic (exact) mass is 295 g/mol. The van der Waals surface area contributed by atoms with E-state index in [1.807, 2.05) is 4.68 Å². The fourth-order valence-electron chi connectivity index (χ4n) is 2.87. The van der Waals surface area contributed by atoms with Gasteiger partial charge in [-0.1, -0.05) is 34.6 Å². The van der Waals surface area contributed by atoms with Gasteiger partial charge in [0.15, 0.2) is 0 Å². The van der Waals surface area contributed by atoms with Crippen molar-refractivity contribution in [3.05, 3.63) is 17.0 Å². The van der Waals surface area contributed by atoms with Gasteiger partial charge in [0.25, 0.3) is 0 Å². The van der Waals surface area contributed by atoms with Crippen LogP contribution in [0.5, 0.6) is 0 Å². The number of aryl methyl sites for hydroxylation is 1. The van der Waals surface area contributed by atoms with E-state index in [4.69, 9.17) is 5.11 Å². The van der Waals surface area contributed by atoms with Gasteiger partial charge in [-0.2, -0.15) is 5.10 Å². The fourth-order valence-corrected chi connectivity index (χ4v) is 2.87. The summed E-state index contributed by atoms with van der Waals surface area (Å²) in [6.45, 7) is 19.4. The van der Waals surface area contributed by atoms with Crippen molar-refractivity contribution in [2.75, 3.05) is 19.7 Å². The van der Waals surface area contributed by atoms with Crippen molar-refractivity contribution in [1.82, 2.24) is 14.7 Å². The third-order valence-electron chi connectivity index (χ3n) is 3.55. The second-order valence-electron chi connectivity index (χ2n) is 7.72. The Morgan fingerprint density at radius 1 is 1.24 bits per heavy atom. The molecule has 0 aliphatic heterocycles. The van der Waals surface area contributed by atoms with Crippen molar-refractivity contribution < 1.29 is 5.11 Å². The van der Waals surface area contributed by atoms with Crippen LogP contribution in [-0.2, 0) is 13.1 Å². The van der Waals surface area contributed by atoms with E-state index in [9.17, 15) is 0 Å². The van der Waals surface area contributed by atoms with Gasteiger partial charge in [0.05, 0.1) is 18.8 Å². The summed E-state index contributed by atoms with van der Waals surface area (Å²) < 4.78 is 1.93. The lowest BCUT2D eigenvalue weighted by molar-refractivity contribution is 0.166. The van der Waals surface area contributed by atoms with E-state index in [1.54, 1.807) is 0 Å². The van der Waals surface area contributed by atoms with Crippen LogP contribution in [0.25, 0.3) is 0 Å². The number of rotatable bonds is 7. The smallest absolute Gasteiger partial charge is 0.0644 e. The maximum atomic E-state index is 9.13. The first kappa shape index (κ1) is 18.2. The third-order valence-corrected chi connectivity index (χ3v) is 3.55. The topological polar surface area (TPSA) is 41.3 Å². The first-order valence-electron chi connectivity index (χ1n) is 8.00. The average molecular weight is 295 g/mol. The SMILES string of the molecule is Cc1nn(CCO)c(C)c1CN(CC(C)C)CC(C)(C)C. The lowest BCUT2D eigenvalue weighted by Gasteiger charge is -2.31. The van der Waals surface area contributed by atoms with Crippen molar-refractivity contribution in [3.63, 3.8) is 0 Å². The molecule has 0 spiro atoms. The van der Waals surface area contributed by atoms with Crippen LogP contribution < -0.4 is 0 Å². The van der Waals surface area contributed by atoms with Crippen LogP contribution in [0, 0.1) is 25.2 Å².